The van der Waals surface area contributed by atoms with Crippen molar-refractivity contribution in [3.05, 3.63) is 24.8 Å². The molecule has 1 aliphatic rings. The predicted octanol–water partition coefficient (Wildman–Crippen LogP) is 5.18. The molecule has 0 aromatic rings. The molecule has 0 fully saturated rings. The van der Waals surface area contributed by atoms with Crippen molar-refractivity contribution in [2.75, 3.05) is 0 Å². The Labute approximate surface area is 129 Å². The van der Waals surface area contributed by atoms with Gasteiger partial charge in [0.2, 0.25) is 0 Å². The summed E-state index contributed by atoms with van der Waals surface area (Å²) < 4.78 is 0. The second-order valence-electron chi connectivity index (χ2n) is 6.08. The Morgan fingerprint density at radius 1 is 0.952 bits per heavy atom. The first-order valence-corrected chi connectivity index (χ1v) is 8.54. The van der Waals surface area contributed by atoms with Gasteiger partial charge in [-0.15, -0.1) is 6.58 Å². The van der Waals surface area contributed by atoms with Gasteiger partial charge in [0.15, 0.2) is 0 Å². The van der Waals surface area contributed by atoms with Crippen LogP contribution < -0.4 is 0 Å². The van der Waals surface area contributed by atoms with Gasteiger partial charge >= 0.3 is 0 Å². The van der Waals surface area contributed by atoms with E-state index in [2.05, 4.69) is 18.7 Å². The molecule has 0 aromatic carbocycles. The van der Waals surface area contributed by atoms with Crippen LogP contribution in [0.5, 0.6) is 0 Å². The first-order valence-electron chi connectivity index (χ1n) is 8.54. The SMILES string of the molecule is C=CCC1CC/C=C\CCCCCCC(=O)CCCC1=O. The van der Waals surface area contributed by atoms with Crippen molar-refractivity contribution >= 4 is 11.6 Å². The van der Waals surface area contributed by atoms with E-state index in [9.17, 15) is 9.59 Å². The lowest BCUT2D eigenvalue weighted by atomic mass is 9.91. The number of rotatable bonds is 2. The number of carbonyl (C=O) groups is 2. The highest BCUT2D eigenvalue weighted by atomic mass is 16.1. The molecule has 0 aromatic heterocycles. The molecule has 0 bridgehead atoms. The molecule has 2 heteroatoms. The van der Waals surface area contributed by atoms with Crippen molar-refractivity contribution in [1.29, 1.82) is 0 Å². The van der Waals surface area contributed by atoms with Crippen molar-refractivity contribution in [2.24, 2.45) is 5.92 Å². The highest BCUT2D eigenvalue weighted by Crippen LogP contribution is 2.18. The maximum Gasteiger partial charge on any atom is 0.136 e. The molecule has 0 amide bonds. The largest absolute Gasteiger partial charge is 0.300 e. The van der Waals surface area contributed by atoms with Crippen molar-refractivity contribution in [1.82, 2.24) is 0 Å². The third-order valence-corrected chi connectivity index (χ3v) is 4.21. The van der Waals surface area contributed by atoms with E-state index < -0.39 is 0 Å². The zero-order valence-electron chi connectivity index (χ0n) is 13.3. The summed E-state index contributed by atoms with van der Waals surface area (Å²) in [6.45, 7) is 3.76. The lowest BCUT2D eigenvalue weighted by molar-refractivity contribution is -0.123. The molecule has 1 unspecified atom stereocenters. The number of hydrogen-bond acceptors (Lipinski definition) is 2. The molecule has 0 spiro atoms. The normalized spacial score (nSPS) is 25.4. The van der Waals surface area contributed by atoms with Crippen LogP contribution in [0.2, 0.25) is 0 Å². The van der Waals surface area contributed by atoms with Crippen LogP contribution in [0.4, 0.5) is 0 Å². The average molecular weight is 290 g/mol. The van der Waals surface area contributed by atoms with Crippen LogP contribution in [0.15, 0.2) is 24.8 Å². The molecule has 1 rings (SSSR count). The fourth-order valence-corrected chi connectivity index (χ4v) is 2.87. The zero-order valence-corrected chi connectivity index (χ0v) is 13.3. The molecule has 0 saturated heterocycles. The van der Waals surface area contributed by atoms with Gasteiger partial charge in [0, 0.05) is 25.2 Å². The summed E-state index contributed by atoms with van der Waals surface area (Å²) in [6.07, 6.45) is 17.2. The predicted molar refractivity (Wildman–Crippen MR) is 88.2 cm³/mol. The highest BCUT2D eigenvalue weighted by molar-refractivity contribution is 5.82. The minimum Gasteiger partial charge on any atom is -0.300 e. The maximum absolute atomic E-state index is 12.2. The van der Waals surface area contributed by atoms with E-state index in [1.54, 1.807) is 0 Å². The standard InChI is InChI=1S/C19H30O2/c1-2-12-17-13-9-7-5-3-4-6-8-10-14-18(20)15-11-16-19(17)21/h2,5,7,17H,1,3-4,6,8-16H2/b7-5-. The van der Waals surface area contributed by atoms with E-state index in [1.165, 1.54) is 12.8 Å². The molecule has 2 nitrogen and oxygen atoms in total. The Balaban J connectivity index is 2.51. The van der Waals surface area contributed by atoms with E-state index in [0.717, 1.165) is 44.9 Å². The first kappa shape index (κ1) is 17.9. The zero-order chi connectivity index (χ0) is 15.3. The summed E-state index contributed by atoms with van der Waals surface area (Å²) in [4.78, 5) is 24.0. The quantitative estimate of drug-likeness (QED) is 0.657. The van der Waals surface area contributed by atoms with Gasteiger partial charge in [0.25, 0.3) is 0 Å². The van der Waals surface area contributed by atoms with Gasteiger partial charge < -0.3 is 0 Å². The third-order valence-electron chi connectivity index (χ3n) is 4.21. The van der Waals surface area contributed by atoms with Crippen molar-refractivity contribution in [2.45, 2.75) is 77.0 Å². The van der Waals surface area contributed by atoms with Gasteiger partial charge in [0.1, 0.15) is 11.6 Å². The lowest BCUT2D eigenvalue weighted by Crippen LogP contribution is -2.14. The molecule has 1 atom stereocenters. The van der Waals surface area contributed by atoms with Gasteiger partial charge in [-0.25, -0.2) is 0 Å². The summed E-state index contributed by atoms with van der Waals surface area (Å²) in [6, 6.07) is 0. The number of Topliss-reactive ketones (excluding diaryl/α,β-unsaturated/α-hetero) is 2. The number of allylic oxidation sites excluding steroid dienone is 3. The second kappa shape index (κ2) is 11.5. The van der Waals surface area contributed by atoms with Gasteiger partial charge in [-0.2, -0.15) is 0 Å². The molecule has 21 heavy (non-hydrogen) atoms. The molecule has 0 N–H and O–H groups in total. The van der Waals surface area contributed by atoms with Gasteiger partial charge in [-0.3, -0.25) is 9.59 Å². The monoisotopic (exact) mass is 290 g/mol. The van der Waals surface area contributed by atoms with Crippen molar-refractivity contribution in [3.8, 4) is 0 Å². The van der Waals surface area contributed by atoms with Crippen molar-refractivity contribution < 1.29 is 9.59 Å². The fraction of sp³-hybridized carbons (Fsp3) is 0.684. The van der Waals surface area contributed by atoms with Crippen LogP contribution in [-0.2, 0) is 9.59 Å². The van der Waals surface area contributed by atoms with Crippen LogP contribution in [-0.4, -0.2) is 11.6 Å². The molecule has 0 aliphatic heterocycles. The summed E-state index contributed by atoms with van der Waals surface area (Å²) in [7, 11) is 0. The van der Waals surface area contributed by atoms with Gasteiger partial charge in [0.05, 0.1) is 0 Å². The first-order chi connectivity index (χ1) is 10.2. The van der Waals surface area contributed by atoms with Crippen LogP contribution in [0.1, 0.15) is 77.0 Å². The highest BCUT2D eigenvalue weighted by Gasteiger charge is 2.16. The summed E-state index contributed by atoms with van der Waals surface area (Å²) in [5.41, 5.74) is 0. The van der Waals surface area contributed by atoms with E-state index >= 15 is 0 Å². The van der Waals surface area contributed by atoms with Gasteiger partial charge in [-0.1, -0.05) is 31.1 Å². The summed E-state index contributed by atoms with van der Waals surface area (Å²) in [5, 5.41) is 0. The van der Waals surface area contributed by atoms with Gasteiger partial charge in [-0.05, 0) is 44.9 Å². The number of ketones is 2. The summed E-state index contributed by atoms with van der Waals surface area (Å²) >= 11 is 0. The number of hydrogen-bond donors (Lipinski definition) is 0. The van der Waals surface area contributed by atoms with Crippen molar-refractivity contribution in [3.63, 3.8) is 0 Å². The molecule has 0 heterocycles. The van der Waals surface area contributed by atoms with E-state index in [0.29, 0.717) is 30.8 Å². The Hall–Kier alpha value is -1.18. The minimum atomic E-state index is 0.0927. The van der Waals surface area contributed by atoms with Crippen LogP contribution in [0.25, 0.3) is 0 Å². The topological polar surface area (TPSA) is 34.1 Å². The van der Waals surface area contributed by atoms with Crippen LogP contribution in [0.3, 0.4) is 0 Å². The molecular weight excluding hydrogens is 260 g/mol. The Bertz CT molecular complexity index is 355. The van der Waals surface area contributed by atoms with Crippen LogP contribution >= 0.6 is 0 Å². The fourth-order valence-electron chi connectivity index (χ4n) is 2.87. The molecular formula is C19H30O2. The molecule has 0 saturated carbocycles. The van der Waals surface area contributed by atoms with E-state index in [-0.39, 0.29) is 5.92 Å². The third kappa shape index (κ3) is 8.64. The summed E-state index contributed by atoms with van der Waals surface area (Å²) in [5.74, 6) is 0.730. The molecule has 1 aliphatic carbocycles. The lowest BCUT2D eigenvalue weighted by Gasteiger charge is -2.13. The van der Waals surface area contributed by atoms with Crippen LogP contribution in [0, 0.1) is 5.92 Å². The second-order valence-corrected chi connectivity index (χ2v) is 6.08. The molecule has 0 radical (unpaired) electrons. The molecule has 118 valence electrons. The Morgan fingerprint density at radius 2 is 1.67 bits per heavy atom. The average Bonchev–Trinajstić information content (AvgIpc) is 2.46. The minimum absolute atomic E-state index is 0.0927. The Morgan fingerprint density at radius 3 is 2.48 bits per heavy atom. The number of carbonyl (C=O) groups excluding carboxylic acids is 2. The smallest absolute Gasteiger partial charge is 0.136 e. The van der Waals surface area contributed by atoms with E-state index in [1.807, 2.05) is 6.08 Å². The Kier molecular flexibility index (Phi) is 9.77. The maximum atomic E-state index is 12.2. The van der Waals surface area contributed by atoms with E-state index in [4.69, 9.17) is 0 Å².